The second-order valence-electron chi connectivity index (χ2n) is 4.61. The van der Waals surface area contributed by atoms with E-state index in [1.54, 1.807) is 7.11 Å². The Morgan fingerprint density at radius 1 is 1.47 bits per heavy atom. The van der Waals surface area contributed by atoms with Gasteiger partial charge >= 0.3 is 0 Å². The Morgan fingerprint density at radius 3 is 2.94 bits per heavy atom. The summed E-state index contributed by atoms with van der Waals surface area (Å²) in [5, 5.41) is 3.13. The van der Waals surface area contributed by atoms with Crippen LogP contribution >= 0.6 is 0 Å². The Bertz CT molecular complexity index is 369. The minimum Gasteiger partial charge on any atom is -0.387 e. The normalized spacial score (nSPS) is 24.8. The molecule has 1 saturated heterocycles. The summed E-state index contributed by atoms with van der Waals surface area (Å²) in [5.74, 6) is 0. The molecular formula is C13H21N3O. The third kappa shape index (κ3) is 2.69. The molecule has 0 saturated carbocycles. The van der Waals surface area contributed by atoms with Crippen LogP contribution in [0.1, 0.15) is 19.8 Å². The van der Waals surface area contributed by atoms with Crippen LogP contribution < -0.4 is 10.2 Å². The highest BCUT2D eigenvalue weighted by Gasteiger charge is 2.25. The molecule has 4 heteroatoms. The van der Waals surface area contributed by atoms with Crippen molar-refractivity contribution in [3.8, 4) is 0 Å². The molecular weight excluding hydrogens is 214 g/mol. The zero-order valence-electron chi connectivity index (χ0n) is 10.8. The van der Waals surface area contributed by atoms with Gasteiger partial charge in [-0.05, 0) is 25.8 Å². The number of nitrogens with zero attached hydrogens (tertiary/aromatic N) is 2. The first kappa shape index (κ1) is 12.2. The van der Waals surface area contributed by atoms with Gasteiger partial charge in [0.2, 0.25) is 0 Å². The third-order valence-corrected chi connectivity index (χ3v) is 3.51. The van der Waals surface area contributed by atoms with Crippen molar-refractivity contribution in [2.24, 2.45) is 0 Å². The lowest BCUT2D eigenvalue weighted by atomic mass is 10.00. The average molecular weight is 235 g/mol. The van der Waals surface area contributed by atoms with Crippen LogP contribution in [0.2, 0.25) is 0 Å². The maximum absolute atomic E-state index is 5.44. The van der Waals surface area contributed by atoms with E-state index in [4.69, 9.17) is 4.74 Å². The molecule has 1 N–H and O–H groups in total. The maximum atomic E-state index is 5.44. The predicted octanol–water partition coefficient (Wildman–Crippen LogP) is 2.13. The molecule has 0 spiro atoms. The number of methoxy groups -OCH3 is 1. The molecule has 94 valence electrons. The largest absolute Gasteiger partial charge is 0.387 e. The van der Waals surface area contributed by atoms with Crippen molar-refractivity contribution in [3.63, 3.8) is 0 Å². The Kier molecular flexibility index (Phi) is 3.84. The minimum atomic E-state index is 0.404. The second kappa shape index (κ2) is 5.36. The van der Waals surface area contributed by atoms with Crippen LogP contribution in [0.4, 0.5) is 11.4 Å². The fraction of sp³-hybridized carbons (Fsp3) is 0.615. The molecule has 0 aromatic carbocycles. The van der Waals surface area contributed by atoms with Gasteiger partial charge in [-0.3, -0.25) is 4.98 Å². The van der Waals surface area contributed by atoms with Crippen molar-refractivity contribution in [1.82, 2.24) is 4.98 Å². The Hall–Kier alpha value is -1.29. The molecule has 17 heavy (non-hydrogen) atoms. The van der Waals surface area contributed by atoms with E-state index in [9.17, 15) is 0 Å². The summed E-state index contributed by atoms with van der Waals surface area (Å²) >= 11 is 0. The highest BCUT2D eigenvalue weighted by atomic mass is 16.5. The van der Waals surface area contributed by atoms with Crippen LogP contribution in [-0.2, 0) is 4.74 Å². The number of rotatable bonds is 3. The summed E-state index contributed by atoms with van der Waals surface area (Å²) in [5.41, 5.74) is 2.25. The first-order valence-electron chi connectivity index (χ1n) is 6.17. The molecule has 2 rings (SSSR count). The topological polar surface area (TPSA) is 37.4 Å². The van der Waals surface area contributed by atoms with Gasteiger partial charge in [0.15, 0.2) is 0 Å². The van der Waals surface area contributed by atoms with Crippen molar-refractivity contribution in [2.75, 3.05) is 30.9 Å². The molecule has 1 aromatic heterocycles. The molecule has 2 heterocycles. The summed E-state index contributed by atoms with van der Waals surface area (Å²) in [7, 11) is 3.72. The highest BCUT2D eigenvalue weighted by molar-refractivity contribution is 5.56. The van der Waals surface area contributed by atoms with E-state index < -0.39 is 0 Å². The second-order valence-corrected chi connectivity index (χ2v) is 4.61. The zero-order chi connectivity index (χ0) is 12.3. The van der Waals surface area contributed by atoms with Crippen molar-refractivity contribution in [1.29, 1.82) is 0 Å². The summed E-state index contributed by atoms with van der Waals surface area (Å²) in [6.07, 6.45) is 6.35. The summed E-state index contributed by atoms with van der Waals surface area (Å²) in [6.45, 7) is 3.28. The SMILES string of the molecule is CNc1cncc(N2CCC(OC)CC2C)c1. The van der Waals surface area contributed by atoms with Crippen molar-refractivity contribution in [2.45, 2.75) is 31.9 Å². The molecule has 0 aliphatic carbocycles. The number of ether oxygens (including phenoxy) is 1. The van der Waals surface area contributed by atoms with Crippen LogP contribution in [0.15, 0.2) is 18.5 Å². The molecule has 1 aromatic rings. The lowest BCUT2D eigenvalue weighted by Crippen LogP contribution is -2.43. The van der Waals surface area contributed by atoms with E-state index in [0.29, 0.717) is 12.1 Å². The standard InChI is InChI=1S/C13H21N3O/c1-10-6-13(17-3)4-5-16(10)12-7-11(14-2)8-15-9-12/h7-10,13-14H,4-6H2,1-3H3. The highest BCUT2D eigenvalue weighted by Crippen LogP contribution is 2.26. The van der Waals surface area contributed by atoms with Crippen LogP contribution in [0, 0.1) is 0 Å². The molecule has 1 aliphatic rings. The first-order valence-corrected chi connectivity index (χ1v) is 6.17. The number of nitrogens with one attached hydrogen (secondary N) is 1. The lowest BCUT2D eigenvalue weighted by molar-refractivity contribution is 0.0721. The molecule has 0 amide bonds. The van der Waals surface area contributed by atoms with Gasteiger partial charge in [0.25, 0.3) is 0 Å². The maximum Gasteiger partial charge on any atom is 0.0607 e. The smallest absolute Gasteiger partial charge is 0.0607 e. The molecule has 2 unspecified atom stereocenters. The van der Waals surface area contributed by atoms with E-state index in [0.717, 1.165) is 25.1 Å². The lowest BCUT2D eigenvalue weighted by Gasteiger charge is -2.38. The van der Waals surface area contributed by atoms with Gasteiger partial charge < -0.3 is 15.0 Å². The number of pyridine rings is 1. The first-order chi connectivity index (χ1) is 8.24. The number of piperidine rings is 1. The van der Waals surface area contributed by atoms with Crippen molar-refractivity contribution < 1.29 is 4.74 Å². The Balaban J connectivity index is 2.11. The third-order valence-electron chi connectivity index (χ3n) is 3.51. The molecule has 0 radical (unpaired) electrons. The molecule has 1 aliphatic heterocycles. The van der Waals surface area contributed by atoms with Crippen LogP contribution in [0.5, 0.6) is 0 Å². The van der Waals surface area contributed by atoms with Gasteiger partial charge in [-0.15, -0.1) is 0 Å². The minimum absolute atomic E-state index is 0.404. The molecule has 0 bridgehead atoms. The fourth-order valence-electron chi connectivity index (χ4n) is 2.45. The molecule has 4 nitrogen and oxygen atoms in total. The van der Waals surface area contributed by atoms with Gasteiger partial charge in [0.05, 0.1) is 29.9 Å². The van der Waals surface area contributed by atoms with Crippen molar-refractivity contribution in [3.05, 3.63) is 18.5 Å². The number of anilines is 2. The van der Waals surface area contributed by atoms with E-state index in [1.165, 1.54) is 5.69 Å². The Morgan fingerprint density at radius 2 is 2.29 bits per heavy atom. The van der Waals surface area contributed by atoms with Gasteiger partial charge in [-0.2, -0.15) is 0 Å². The summed E-state index contributed by atoms with van der Waals surface area (Å²) in [4.78, 5) is 6.67. The number of hydrogen-bond donors (Lipinski definition) is 1. The van der Waals surface area contributed by atoms with Gasteiger partial charge in [-0.1, -0.05) is 0 Å². The van der Waals surface area contributed by atoms with E-state index in [1.807, 2.05) is 19.4 Å². The molecule has 1 fully saturated rings. The van der Waals surface area contributed by atoms with Gasteiger partial charge in [0.1, 0.15) is 0 Å². The van der Waals surface area contributed by atoms with E-state index in [2.05, 4.69) is 28.2 Å². The Labute approximate surface area is 103 Å². The fourth-order valence-corrected chi connectivity index (χ4v) is 2.45. The van der Waals surface area contributed by atoms with Crippen LogP contribution in [-0.4, -0.2) is 37.8 Å². The monoisotopic (exact) mass is 235 g/mol. The van der Waals surface area contributed by atoms with Crippen LogP contribution in [0.25, 0.3) is 0 Å². The number of hydrogen-bond acceptors (Lipinski definition) is 4. The quantitative estimate of drug-likeness (QED) is 0.871. The summed E-state index contributed by atoms with van der Waals surface area (Å²) in [6, 6.07) is 2.65. The van der Waals surface area contributed by atoms with Gasteiger partial charge in [0, 0.05) is 26.7 Å². The van der Waals surface area contributed by atoms with Gasteiger partial charge in [-0.25, -0.2) is 0 Å². The predicted molar refractivity (Wildman–Crippen MR) is 70.6 cm³/mol. The van der Waals surface area contributed by atoms with Crippen molar-refractivity contribution >= 4 is 11.4 Å². The summed E-state index contributed by atoms with van der Waals surface area (Å²) < 4.78 is 5.44. The van der Waals surface area contributed by atoms with E-state index in [-0.39, 0.29) is 0 Å². The molecule has 2 atom stereocenters. The number of aromatic nitrogens is 1. The average Bonchev–Trinajstić information content (AvgIpc) is 2.38. The zero-order valence-corrected chi connectivity index (χ0v) is 10.8. The van der Waals surface area contributed by atoms with E-state index >= 15 is 0 Å². The van der Waals surface area contributed by atoms with Crippen LogP contribution in [0.3, 0.4) is 0 Å².